The molecule has 2 saturated carbocycles. The summed E-state index contributed by atoms with van der Waals surface area (Å²) in [6.45, 7) is 2.63. The molecule has 5 aliphatic rings. The predicted octanol–water partition coefficient (Wildman–Crippen LogP) is 5.30. The maximum atomic E-state index is 6.36. The number of rotatable bonds is 9. The molecular weight excluding hydrogens is 386 g/mol. The van der Waals surface area contributed by atoms with Crippen molar-refractivity contribution in [3.8, 4) is 0 Å². The Hall–Kier alpha value is 0.620. The van der Waals surface area contributed by atoms with Crippen molar-refractivity contribution >= 4 is 16.8 Å². The maximum Gasteiger partial charge on any atom is 0.332 e. The molecule has 0 amide bonds. The van der Waals surface area contributed by atoms with E-state index in [-0.39, 0.29) is 5.41 Å². The first-order chi connectivity index (χ1) is 13.3. The molecule has 156 valence electrons. The summed E-state index contributed by atoms with van der Waals surface area (Å²) < 4.78 is 35.7. The molecule has 27 heavy (non-hydrogen) atoms. The summed E-state index contributed by atoms with van der Waals surface area (Å²) in [6, 6.07) is 0. The Morgan fingerprint density at radius 2 is 1.22 bits per heavy atom. The molecule has 3 heterocycles. The van der Waals surface area contributed by atoms with Gasteiger partial charge in [0.05, 0.1) is 64.9 Å². The lowest BCUT2D eigenvalue weighted by molar-refractivity contribution is -0.0917. The van der Waals surface area contributed by atoms with Crippen LogP contribution in [-0.2, 0) is 27.6 Å². The van der Waals surface area contributed by atoms with Crippen LogP contribution in [0.15, 0.2) is 0 Å². The van der Waals surface area contributed by atoms with Crippen LogP contribution in [0.25, 0.3) is 0 Å². The highest BCUT2D eigenvalue weighted by Gasteiger charge is 2.45. The number of ether oxygens (including phenoxy) is 2. The van der Waals surface area contributed by atoms with Crippen LogP contribution in [0.1, 0.15) is 64.2 Å². The molecule has 2 aliphatic carbocycles. The Morgan fingerprint density at radius 3 is 1.70 bits per heavy atom. The fourth-order valence-corrected chi connectivity index (χ4v) is 6.91. The minimum Gasteiger partial charge on any atom is -0.371 e. The first-order valence-corrected chi connectivity index (χ1v) is 13.3. The van der Waals surface area contributed by atoms with Gasteiger partial charge in [-0.15, -0.1) is 0 Å². The van der Waals surface area contributed by atoms with Gasteiger partial charge in [-0.1, -0.05) is 38.5 Å². The molecule has 0 unspecified atom stereocenters. The molecule has 5 fully saturated rings. The molecule has 0 N–H and O–H groups in total. The van der Waals surface area contributed by atoms with Crippen LogP contribution >= 0.6 is 16.8 Å². The summed E-state index contributed by atoms with van der Waals surface area (Å²) in [5, 5.41) is 0. The second kappa shape index (κ2) is 10.6. The van der Waals surface area contributed by atoms with E-state index >= 15 is 0 Å². The van der Waals surface area contributed by atoms with Gasteiger partial charge < -0.3 is 27.6 Å². The Balaban J connectivity index is 1.25. The second-order valence-electron chi connectivity index (χ2n) is 8.41. The standard InChI is InChI=1S/C19H34O6P2/c1-3-7-17(8-4-1)20-15-26(16-21-18-9-5-2-6-10-18)22-11-19-12-23-27(24-13-19)25-14-19/h17-18H,1-16H2. The minimum absolute atomic E-state index is 0.159. The monoisotopic (exact) mass is 420 g/mol. The van der Waals surface area contributed by atoms with Gasteiger partial charge in [0.1, 0.15) is 0 Å². The first kappa shape index (κ1) is 20.9. The fraction of sp³-hybridized carbons (Fsp3) is 1.00. The molecule has 0 radical (unpaired) electrons. The number of hydrogen-bond donors (Lipinski definition) is 0. The van der Waals surface area contributed by atoms with E-state index in [0.29, 0.717) is 51.3 Å². The largest absolute Gasteiger partial charge is 0.371 e. The zero-order valence-electron chi connectivity index (χ0n) is 16.3. The zero-order chi connectivity index (χ0) is 18.4. The molecule has 0 aromatic heterocycles. The summed E-state index contributed by atoms with van der Waals surface area (Å²) in [6.07, 6.45) is 14.8. The molecule has 8 heteroatoms. The highest BCUT2D eigenvalue weighted by molar-refractivity contribution is 7.52. The Bertz CT molecular complexity index is 398. The Labute approximate surface area is 165 Å². The summed E-state index contributed by atoms with van der Waals surface area (Å²) >= 11 is 0. The lowest BCUT2D eigenvalue weighted by Crippen LogP contribution is -2.46. The molecule has 0 aromatic rings. The summed E-state index contributed by atoms with van der Waals surface area (Å²) in [4.78, 5) is 0. The van der Waals surface area contributed by atoms with Gasteiger partial charge in [-0.25, -0.2) is 0 Å². The lowest BCUT2D eigenvalue weighted by Gasteiger charge is -2.44. The summed E-state index contributed by atoms with van der Waals surface area (Å²) in [5.41, 5.74) is -0.159. The van der Waals surface area contributed by atoms with Gasteiger partial charge in [-0.2, -0.15) is 0 Å². The second-order valence-corrected chi connectivity index (χ2v) is 11.4. The molecular formula is C19H34O6P2. The molecule has 0 atom stereocenters. The Kier molecular flexibility index (Phi) is 8.19. The van der Waals surface area contributed by atoms with Crippen LogP contribution in [0, 0.1) is 5.41 Å². The fourth-order valence-electron chi connectivity index (χ4n) is 4.11. The molecule has 6 nitrogen and oxygen atoms in total. The van der Waals surface area contributed by atoms with E-state index in [4.69, 9.17) is 27.6 Å². The lowest BCUT2D eigenvalue weighted by atomic mass is 9.93. The molecule has 3 saturated heterocycles. The number of hydrogen-bond acceptors (Lipinski definition) is 6. The first-order valence-electron chi connectivity index (χ1n) is 10.6. The third-order valence-electron chi connectivity index (χ3n) is 5.99. The van der Waals surface area contributed by atoms with Gasteiger partial charge in [0.15, 0.2) is 0 Å². The Morgan fingerprint density at radius 1 is 0.741 bits per heavy atom. The van der Waals surface area contributed by atoms with Gasteiger partial charge in [0.2, 0.25) is 0 Å². The van der Waals surface area contributed by atoms with Crippen molar-refractivity contribution < 1.29 is 27.6 Å². The van der Waals surface area contributed by atoms with E-state index in [1.54, 1.807) is 0 Å². The van der Waals surface area contributed by atoms with Crippen molar-refractivity contribution in [1.82, 2.24) is 0 Å². The topological polar surface area (TPSA) is 55.4 Å². The van der Waals surface area contributed by atoms with Crippen molar-refractivity contribution in [2.24, 2.45) is 5.41 Å². The third kappa shape index (κ3) is 6.30. The summed E-state index contributed by atoms with van der Waals surface area (Å²) in [7, 11) is -1.85. The maximum absolute atomic E-state index is 6.36. The van der Waals surface area contributed by atoms with E-state index in [2.05, 4.69) is 0 Å². The quantitative estimate of drug-likeness (QED) is 0.472. The van der Waals surface area contributed by atoms with Gasteiger partial charge >= 0.3 is 8.60 Å². The zero-order valence-corrected chi connectivity index (χ0v) is 18.1. The minimum atomic E-state index is -1.09. The SMILES string of the molecule is C1CCC(OCP(COC2CCCCC2)OCC23COP(OC2)OC3)CC1. The van der Waals surface area contributed by atoms with Crippen molar-refractivity contribution in [3.05, 3.63) is 0 Å². The average molecular weight is 420 g/mol. The van der Waals surface area contributed by atoms with Gasteiger partial charge in [-0.05, 0) is 25.7 Å². The van der Waals surface area contributed by atoms with E-state index in [9.17, 15) is 0 Å². The van der Waals surface area contributed by atoms with Gasteiger partial charge in [0, 0.05) is 0 Å². The highest BCUT2D eigenvalue weighted by Crippen LogP contribution is 2.54. The van der Waals surface area contributed by atoms with Crippen LogP contribution in [0.5, 0.6) is 0 Å². The van der Waals surface area contributed by atoms with E-state index < -0.39 is 16.8 Å². The molecule has 2 bridgehead atoms. The van der Waals surface area contributed by atoms with E-state index in [0.717, 1.165) is 0 Å². The van der Waals surface area contributed by atoms with Crippen LogP contribution < -0.4 is 0 Å². The van der Waals surface area contributed by atoms with Crippen LogP contribution in [0.4, 0.5) is 0 Å². The smallest absolute Gasteiger partial charge is 0.332 e. The van der Waals surface area contributed by atoms with Crippen molar-refractivity contribution in [1.29, 1.82) is 0 Å². The van der Waals surface area contributed by atoms with Crippen LogP contribution in [0.2, 0.25) is 0 Å². The number of fused-ring (bicyclic) bond motifs is 3. The summed E-state index contributed by atoms with van der Waals surface area (Å²) in [5.74, 6) is 0. The highest BCUT2D eigenvalue weighted by atomic mass is 31.2. The van der Waals surface area contributed by atoms with E-state index in [1.807, 2.05) is 0 Å². The van der Waals surface area contributed by atoms with Crippen LogP contribution in [-0.4, -0.2) is 51.3 Å². The third-order valence-corrected chi connectivity index (χ3v) is 8.38. The van der Waals surface area contributed by atoms with E-state index in [1.165, 1.54) is 64.2 Å². The molecule has 0 aromatic carbocycles. The van der Waals surface area contributed by atoms with Crippen molar-refractivity contribution in [3.63, 3.8) is 0 Å². The van der Waals surface area contributed by atoms with Crippen LogP contribution in [0.3, 0.4) is 0 Å². The van der Waals surface area contributed by atoms with Crippen molar-refractivity contribution in [2.75, 3.05) is 39.1 Å². The predicted molar refractivity (Wildman–Crippen MR) is 106 cm³/mol. The van der Waals surface area contributed by atoms with Gasteiger partial charge in [-0.3, -0.25) is 0 Å². The molecule has 0 spiro atoms. The van der Waals surface area contributed by atoms with Gasteiger partial charge in [0.25, 0.3) is 0 Å². The normalized spacial score (nSPS) is 33.0. The average Bonchev–Trinajstić information content (AvgIpc) is 2.76. The van der Waals surface area contributed by atoms with Crippen molar-refractivity contribution in [2.45, 2.75) is 76.4 Å². The molecule has 3 aliphatic heterocycles. The molecule has 5 rings (SSSR count).